The first-order valence-electron chi connectivity index (χ1n) is 8.90. The number of benzene rings is 3. The maximum atomic E-state index is 13.6. The highest BCUT2D eigenvalue weighted by atomic mass is 19.1. The Balaban J connectivity index is 1.86. The highest BCUT2D eigenvalue weighted by molar-refractivity contribution is 5.94. The maximum Gasteiger partial charge on any atom is 0.254 e. The highest BCUT2D eigenvalue weighted by Gasteiger charge is 2.17. The van der Waals surface area contributed by atoms with Crippen LogP contribution in [-0.4, -0.2) is 25.0 Å². The molecule has 0 N–H and O–H groups in total. The van der Waals surface area contributed by atoms with E-state index in [-0.39, 0.29) is 5.91 Å². The van der Waals surface area contributed by atoms with Crippen molar-refractivity contribution in [2.24, 2.45) is 0 Å². The second-order valence-electron chi connectivity index (χ2n) is 6.37. The van der Waals surface area contributed by atoms with Crippen LogP contribution in [0.15, 0.2) is 72.8 Å². The van der Waals surface area contributed by atoms with Gasteiger partial charge in [-0.05, 0) is 53.6 Å². The van der Waals surface area contributed by atoms with Crippen LogP contribution in [0, 0.1) is 5.82 Å². The van der Waals surface area contributed by atoms with Gasteiger partial charge in [-0.25, -0.2) is 4.39 Å². The number of ether oxygens (including phenoxy) is 2. The number of methoxy groups -OCH3 is 2. The highest BCUT2D eigenvalue weighted by Crippen LogP contribution is 2.19. The smallest absolute Gasteiger partial charge is 0.254 e. The molecule has 0 aliphatic rings. The number of amides is 1. The van der Waals surface area contributed by atoms with E-state index in [9.17, 15) is 9.18 Å². The molecule has 0 bridgehead atoms. The van der Waals surface area contributed by atoms with E-state index in [1.165, 1.54) is 12.1 Å². The van der Waals surface area contributed by atoms with Crippen molar-refractivity contribution in [1.82, 2.24) is 4.90 Å². The Kier molecular flexibility index (Phi) is 6.27. The van der Waals surface area contributed by atoms with Crippen LogP contribution in [0.3, 0.4) is 0 Å². The third-order valence-electron chi connectivity index (χ3n) is 4.42. The molecule has 0 radical (unpaired) electrons. The fraction of sp³-hybridized carbons (Fsp3) is 0.174. The third-order valence-corrected chi connectivity index (χ3v) is 4.42. The lowest BCUT2D eigenvalue weighted by molar-refractivity contribution is 0.0729. The Morgan fingerprint density at radius 2 is 1.32 bits per heavy atom. The van der Waals surface area contributed by atoms with E-state index in [0.717, 1.165) is 22.6 Å². The molecule has 3 rings (SSSR count). The van der Waals surface area contributed by atoms with Gasteiger partial charge in [-0.2, -0.15) is 0 Å². The quantitative estimate of drug-likeness (QED) is 0.598. The molecular weight excluding hydrogens is 357 g/mol. The van der Waals surface area contributed by atoms with Crippen molar-refractivity contribution in [3.8, 4) is 11.5 Å². The van der Waals surface area contributed by atoms with Crippen LogP contribution in [0.4, 0.5) is 4.39 Å². The summed E-state index contributed by atoms with van der Waals surface area (Å²) in [6.07, 6.45) is 0. The van der Waals surface area contributed by atoms with E-state index < -0.39 is 5.82 Å². The molecule has 0 atom stereocenters. The second-order valence-corrected chi connectivity index (χ2v) is 6.37. The zero-order valence-electron chi connectivity index (χ0n) is 15.9. The molecule has 0 saturated carbocycles. The molecule has 3 aromatic rings. The van der Waals surface area contributed by atoms with Crippen molar-refractivity contribution in [3.05, 3.63) is 95.3 Å². The number of nitrogens with zero attached hydrogens (tertiary/aromatic N) is 1. The molecule has 0 saturated heterocycles. The summed E-state index contributed by atoms with van der Waals surface area (Å²) in [6.45, 7) is 0.788. The summed E-state index contributed by atoms with van der Waals surface area (Å²) in [5, 5.41) is 0. The van der Waals surface area contributed by atoms with Gasteiger partial charge in [0.15, 0.2) is 0 Å². The van der Waals surface area contributed by atoms with Crippen LogP contribution in [0.2, 0.25) is 0 Å². The monoisotopic (exact) mass is 379 g/mol. The molecule has 0 fully saturated rings. The van der Waals surface area contributed by atoms with Crippen LogP contribution in [0.25, 0.3) is 0 Å². The Bertz CT molecular complexity index is 874. The molecule has 0 unspecified atom stereocenters. The van der Waals surface area contributed by atoms with Crippen molar-refractivity contribution in [3.63, 3.8) is 0 Å². The Morgan fingerprint density at radius 1 is 0.821 bits per heavy atom. The van der Waals surface area contributed by atoms with E-state index in [1.54, 1.807) is 31.3 Å². The van der Waals surface area contributed by atoms with Crippen molar-refractivity contribution in [2.45, 2.75) is 13.1 Å². The molecule has 28 heavy (non-hydrogen) atoms. The molecule has 1 amide bonds. The van der Waals surface area contributed by atoms with E-state index in [4.69, 9.17) is 9.47 Å². The zero-order valence-corrected chi connectivity index (χ0v) is 15.9. The van der Waals surface area contributed by atoms with Crippen LogP contribution in [0.1, 0.15) is 21.5 Å². The molecule has 0 spiro atoms. The number of carbonyl (C=O) groups is 1. The van der Waals surface area contributed by atoms with Gasteiger partial charge in [-0.1, -0.05) is 30.3 Å². The molecule has 0 aliphatic heterocycles. The largest absolute Gasteiger partial charge is 0.497 e. The first-order valence-corrected chi connectivity index (χ1v) is 8.90. The van der Waals surface area contributed by atoms with Crippen LogP contribution >= 0.6 is 0 Å². The van der Waals surface area contributed by atoms with Gasteiger partial charge in [-0.15, -0.1) is 0 Å². The average molecular weight is 379 g/mol. The summed E-state index contributed by atoms with van der Waals surface area (Å²) < 4.78 is 24.0. The number of halogens is 1. The van der Waals surface area contributed by atoms with Gasteiger partial charge in [0, 0.05) is 18.7 Å². The lowest BCUT2D eigenvalue weighted by Gasteiger charge is -2.23. The fourth-order valence-corrected chi connectivity index (χ4v) is 2.91. The topological polar surface area (TPSA) is 38.8 Å². The summed E-state index contributed by atoms with van der Waals surface area (Å²) in [5.41, 5.74) is 2.24. The molecule has 0 aliphatic carbocycles. The Hall–Kier alpha value is -3.34. The minimum absolute atomic E-state index is 0.230. The third kappa shape index (κ3) is 4.88. The molecule has 0 heterocycles. The lowest BCUT2D eigenvalue weighted by Crippen LogP contribution is -2.30. The minimum Gasteiger partial charge on any atom is -0.497 e. The van der Waals surface area contributed by atoms with Crippen molar-refractivity contribution in [2.75, 3.05) is 14.2 Å². The Morgan fingerprint density at radius 3 is 1.75 bits per heavy atom. The van der Waals surface area contributed by atoms with Gasteiger partial charge >= 0.3 is 0 Å². The van der Waals surface area contributed by atoms with E-state index in [1.807, 2.05) is 48.5 Å². The maximum absolute atomic E-state index is 13.6. The number of hydrogen-bond donors (Lipinski definition) is 0. The van der Waals surface area contributed by atoms with Gasteiger partial charge in [0.25, 0.3) is 5.91 Å². The van der Waals surface area contributed by atoms with Crippen LogP contribution in [-0.2, 0) is 13.1 Å². The standard InChI is InChI=1S/C23H22FNO3/c1-27-21-10-6-17(7-11-21)15-25(16-18-8-12-22(28-2)13-9-18)23(26)19-4-3-5-20(24)14-19/h3-14H,15-16H2,1-2H3. The zero-order chi connectivity index (χ0) is 19.9. The first-order chi connectivity index (χ1) is 13.6. The molecule has 0 aromatic heterocycles. The van der Waals surface area contributed by atoms with Gasteiger partial charge in [-0.3, -0.25) is 4.79 Å². The normalized spacial score (nSPS) is 10.4. The number of rotatable bonds is 7. The summed E-state index contributed by atoms with van der Waals surface area (Å²) >= 11 is 0. The predicted octanol–water partition coefficient (Wildman–Crippen LogP) is 4.69. The van der Waals surface area contributed by atoms with Gasteiger partial charge in [0.2, 0.25) is 0 Å². The van der Waals surface area contributed by atoms with E-state index in [2.05, 4.69) is 0 Å². The predicted molar refractivity (Wildman–Crippen MR) is 106 cm³/mol. The van der Waals surface area contributed by atoms with Crippen molar-refractivity contribution < 1.29 is 18.7 Å². The van der Waals surface area contributed by atoms with E-state index in [0.29, 0.717) is 18.7 Å². The fourth-order valence-electron chi connectivity index (χ4n) is 2.91. The van der Waals surface area contributed by atoms with Crippen molar-refractivity contribution in [1.29, 1.82) is 0 Å². The molecular formula is C23H22FNO3. The minimum atomic E-state index is -0.431. The number of hydrogen-bond acceptors (Lipinski definition) is 3. The Labute approximate surface area is 164 Å². The molecule has 144 valence electrons. The SMILES string of the molecule is COc1ccc(CN(Cc2ccc(OC)cc2)C(=O)c2cccc(F)c2)cc1. The molecule has 3 aromatic carbocycles. The lowest BCUT2D eigenvalue weighted by atomic mass is 10.1. The molecule has 4 nitrogen and oxygen atoms in total. The summed E-state index contributed by atoms with van der Waals surface area (Å²) in [7, 11) is 3.22. The number of carbonyl (C=O) groups excluding carboxylic acids is 1. The first kappa shape index (κ1) is 19.4. The summed E-state index contributed by atoms with van der Waals surface area (Å²) in [4.78, 5) is 14.8. The van der Waals surface area contributed by atoms with E-state index >= 15 is 0 Å². The average Bonchev–Trinajstić information content (AvgIpc) is 2.74. The van der Waals surface area contributed by atoms with Crippen LogP contribution in [0.5, 0.6) is 11.5 Å². The van der Waals surface area contributed by atoms with Gasteiger partial charge in [0.05, 0.1) is 14.2 Å². The van der Waals surface area contributed by atoms with Crippen LogP contribution < -0.4 is 9.47 Å². The summed E-state index contributed by atoms with van der Waals surface area (Å²) in [6, 6.07) is 20.8. The van der Waals surface area contributed by atoms with Gasteiger partial charge in [0.1, 0.15) is 17.3 Å². The van der Waals surface area contributed by atoms with Crippen molar-refractivity contribution >= 4 is 5.91 Å². The van der Waals surface area contributed by atoms with Gasteiger partial charge < -0.3 is 14.4 Å². The molecule has 5 heteroatoms. The summed E-state index contributed by atoms with van der Waals surface area (Å²) in [5.74, 6) is 0.842. The second kappa shape index (κ2) is 9.04.